The summed E-state index contributed by atoms with van der Waals surface area (Å²) in [5.41, 5.74) is 1.86. The monoisotopic (exact) mass is 357 g/mol. The summed E-state index contributed by atoms with van der Waals surface area (Å²) in [6.45, 7) is 5.98. The molecule has 2 rings (SSSR count). The summed E-state index contributed by atoms with van der Waals surface area (Å²) in [5, 5.41) is 21.0. The van der Waals surface area contributed by atoms with Crippen molar-refractivity contribution < 1.29 is 13.9 Å². The fraction of sp³-hybridized carbons (Fsp3) is 0.765. The number of nitrogens with one attached hydrogen (secondary N) is 2. The van der Waals surface area contributed by atoms with Gasteiger partial charge in [-0.3, -0.25) is 4.99 Å². The molecule has 0 saturated heterocycles. The molecule has 1 aromatic rings. The van der Waals surface area contributed by atoms with E-state index in [4.69, 9.17) is 0 Å². The van der Waals surface area contributed by atoms with Crippen molar-refractivity contribution in [1.82, 2.24) is 20.4 Å². The minimum Gasteiger partial charge on any atom is -0.392 e. The van der Waals surface area contributed by atoms with Crippen molar-refractivity contribution in [3.8, 4) is 0 Å². The summed E-state index contributed by atoms with van der Waals surface area (Å²) in [6, 6.07) is 1.70. The van der Waals surface area contributed by atoms with Crippen LogP contribution >= 0.6 is 0 Å². The maximum atomic E-state index is 13.3. The van der Waals surface area contributed by atoms with Gasteiger partial charge in [0.2, 0.25) is 11.9 Å². The molecule has 0 aromatic carbocycles. The Bertz CT molecular complexity index is 590. The molecule has 1 saturated carbocycles. The fourth-order valence-electron chi connectivity index (χ4n) is 3.17. The molecular formula is C17H29F2N5O. The van der Waals surface area contributed by atoms with E-state index in [9.17, 15) is 13.9 Å². The Labute approximate surface area is 147 Å². The number of aliphatic hydroxyl groups is 1. The first-order valence-corrected chi connectivity index (χ1v) is 8.78. The first-order valence-electron chi connectivity index (χ1n) is 8.78. The van der Waals surface area contributed by atoms with E-state index in [1.165, 1.54) is 0 Å². The standard InChI is InChI=1S/C17H29F2N5O/c1-11-9-12(2)24(23-11)16(20-4)21-10-15(13(3)25)22-14-5-7-17(18,19)8-6-14/h9,13-15,22,25H,5-8,10H2,1-4H3,(H,20,21)/t13-,15?/m0/s1. The van der Waals surface area contributed by atoms with E-state index >= 15 is 0 Å². The average Bonchev–Trinajstić information content (AvgIpc) is 2.86. The van der Waals surface area contributed by atoms with E-state index in [-0.39, 0.29) is 24.9 Å². The number of aliphatic imine (C=N–C) groups is 1. The molecular weight excluding hydrogens is 328 g/mol. The second kappa shape index (κ2) is 8.23. The smallest absolute Gasteiger partial charge is 0.248 e. The highest BCUT2D eigenvalue weighted by Gasteiger charge is 2.35. The molecule has 142 valence electrons. The molecule has 1 fully saturated rings. The molecule has 1 unspecified atom stereocenters. The fourth-order valence-corrected chi connectivity index (χ4v) is 3.17. The van der Waals surface area contributed by atoms with Gasteiger partial charge < -0.3 is 15.7 Å². The molecule has 0 radical (unpaired) electrons. The number of aliphatic hydroxyl groups excluding tert-OH is 1. The number of hydrogen-bond acceptors (Lipinski definition) is 4. The Hall–Kier alpha value is -1.54. The highest BCUT2D eigenvalue weighted by atomic mass is 19.3. The van der Waals surface area contributed by atoms with Crippen LogP contribution in [0.3, 0.4) is 0 Å². The average molecular weight is 357 g/mol. The second-order valence-corrected chi connectivity index (χ2v) is 6.91. The lowest BCUT2D eigenvalue weighted by atomic mass is 9.91. The number of hydrogen-bond donors (Lipinski definition) is 3. The zero-order valence-corrected chi connectivity index (χ0v) is 15.4. The molecule has 25 heavy (non-hydrogen) atoms. The Morgan fingerprint density at radius 3 is 2.56 bits per heavy atom. The van der Waals surface area contributed by atoms with E-state index < -0.39 is 12.0 Å². The summed E-state index contributed by atoms with van der Waals surface area (Å²) < 4.78 is 28.3. The first kappa shape index (κ1) is 19.8. The number of aryl methyl sites for hydroxylation is 2. The van der Waals surface area contributed by atoms with Crippen LogP contribution in [0.2, 0.25) is 0 Å². The van der Waals surface area contributed by atoms with Crippen LogP contribution in [0.1, 0.15) is 44.0 Å². The molecule has 1 heterocycles. The van der Waals surface area contributed by atoms with Crippen LogP contribution in [-0.2, 0) is 0 Å². The third-order valence-corrected chi connectivity index (χ3v) is 4.65. The van der Waals surface area contributed by atoms with Crippen LogP contribution < -0.4 is 10.6 Å². The van der Waals surface area contributed by atoms with Crippen molar-refractivity contribution in [2.45, 2.75) is 70.6 Å². The molecule has 8 heteroatoms. The largest absolute Gasteiger partial charge is 0.392 e. The van der Waals surface area contributed by atoms with Crippen LogP contribution in [0, 0.1) is 13.8 Å². The normalized spacial score (nSPS) is 21.2. The van der Waals surface area contributed by atoms with Gasteiger partial charge in [-0.2, -0.15) is 5.10 Å². The summed E-state index contributed by atoms with van der Waals surface area (Å²) in [6.07, 6.45) is 0.0227. The van der Waals surface area contributed by atoms with Crippen LogP contribution in [0.25, 0.3) is 0 Å². The predicted octanol–water partition coefficient (Wildman–Crippen LogP) is 1.84. The molecule has 0 aliphatic heterocycles. The molecule has 0 spiro atoms. The predicted molar refractivity (Wildman–Crippen MR) is 94.3 cm³/mol. The molecule has 3 N–H and O–H groups in total. The minimum atomic E-state index is -2.55. The van der Waals surface area contributed by atoms with Gasteiger partial charge in [0.1, 0.15) is 0 Å². The SMILES string of the molecule is CN=C(NCC(NC1CCC(F)(F)CC1)[C@H](C)O)n1nc(C)cc1C. The molecule has 6 nitrogen and oxygen atoms in total. The summed E-state index contributed by atoms with van der Waals surface area (Å²) in [4.78, 5) is 4.23. The van der Waals surface area contributed by atoms with Crippen molar-refractivity contribution in [2.24, 2.45) is 4.99 Å². The van der Waals surface area contributed by atoms with Crippen LogP contribution in [0.15, 0.2) is 11.1 Å². The lowest BCUT2D eigenvalue weighted by molar-refractivity contribution is -0.0423. The van der Waals surface area contributed by atoms with E-state index in [1.54, 1.807) is 18.7 Å². The highest BCUT2D eigenvalue weighted by molar-refractivity contribution is 5.82. The molecule has 1 aliphatic carbocycles. The zero-order chi connectivity index (χ0) is 18.6. The van der Waals surface area contributed by atoms with Gasteiger partial charge in [-0.15, -0.1) is 0 Å². The van der Waals surface area contributed by atoms with E-state index in [2.05, 4.69) is 20.7 Å². The van der Waals surface area contributed by atoms with Crippen molar-refractivity contribution in [1.29, 1.82) is 0 Å². The third-order valence-electron chi connectivity index (χ3n) is 4.65. The summed E-state index contributed by atoms with van der Waals surface area (Å²) in [5.74, 6) is -1.96. The quantitative estimate of drug-likeness (QED) is 0.555. The Morgan fingerprint density at radius 2 is 2.08 bits per heavy atom. The van der Waals surface area contributed by atoms with Crippen LogP contribution in [0.4, 0.5) is 8.78 Å². The number of alkyl halides is 2. The highest BCUT2D eigenvalue weighted by Crippen LogP contribution is 2.33. The van der Waals surface area contributed by atoms with Gasteiger partial charge in [-0.05, 0) is 39.7 Å². The van der Waals surface area contributed by atoms with Crippen LogP contribution in [0.5, 0.6) is 0 Å². The minimum absolute atomic E-state index is 0.00303. The second-order valence-electron chi connectivity index (χ2n) is 6.91. The summed E-state index contributed by atoms with van der Waals surface area (Å²) in [7, 11) is 1.67. The zero-order valence-electron chi connectivity index (χ0n) is 15.4. The molecule has 2 atom stereocenters. The van der Waals surface area contributed by atoms with E-state index in [0.29, 0.717) is 25.3 Å². The third kappa shape index (κ3) is 5.47. The van der Waals surface area contributed by atoms with Crippen molar-refractivity contribution >= 4 is 5.96 Å². The molecule has 0 amide bonds. The number of aromatic nitrogens is 2. The van der Waals surface area contributed by atoms with Gasteiger partial charge in [-0.25, -0.2) is 13.5 Å². The molecule has 1 aliphatic rings. The number of nitrogens with zero attached hydrogens (tertiary/aromatic N) is 3. The lowest BCUT2D eigenvalue weighted by Crippen LogP contribution is -2.53. The molecule has 0 bridgehead atoms. The van der Waals surface area contributed by atoms with Gasteiger partial charge in [0.05, 0.1) is 17.8 Å². The van der Waals surface area contributed by atoms with Gasteiger partial charge in [0.15, 0.2) is 0 Å². The van der Waals surface area contributed by atoms with E-state index in [1.807, 2.05) is 19.9 Å². The Kier molecular flexibility index (Phi) is 6.51. The maximum Gasteiger partial charge on any atom is 0.248 e. The van der Waals surface area contributed by atoms with Gasteiger partial charge in [0, 0.05) is 38.2 Å². The first-order chi connectivity index (χ1) is 11.7. The van der Waals surface area contributed by atoms with Gasteiger partial charge in [-0.1, -0.05) is 0 Å². The number of halogens is 2. The van der Waals surface area contributed by atoms with Crippen LogP contribution in [-0.4, -0.2) is 58.5 Å². The topological polar surface area (TPSA) is 74.5 Å². The van der Waals surface area contributed by atoms with Gasteiger partial charge in [0.25, 0.3) is 0 Å². The van der Waals surface area contributed by atoms with Crippen molar-refractivity contribution in [2.75, 3.05) is 13.6 Å². The maximum absolute atomic E-state index is 13.3. The Balaban J connectivity index is 1.94. The van der Waals surface area contributed by atoms with Crippen molar-refractivity contribution in [3.05, 3.63) is 17.5 Å². The Morgan fingerprint density at radius 1 is 1.44 bits per heavy atom. The van der Waals surface area contributed by atoms with Crippen molar-refractivity contribution in [3.63, 3.8) is 0 Å². The molecule has 1 aromatic heterocycles. The van der Waals surface area contributed by atoms with Gasteiger partial charge >= 0.3 is 0 Å². The number of rotatable bonds is 5. The lowest BCUT2D eigenvalue weighted by Gasteiger charge is -2.33. The van der Waals surface area contributed by atoms with E-state index in [0.717, 1.165) is 11.4 Å². The summed E-state index contributed by atoms with van der Waals surface area (Å²) >= 11 is 0.